The number of carbonyl (C=O) groups is 3. The van der Waals surface area contributed by atoms with Crippen LogP contribution in [0.1, 0.15) is 90.0 Å². The molecule has 4 atom stereocenters. The van der Waals surface area contributed by atoms with Gasteiger partial charge in [0.2, 0.25) is 0 Å². The Labute approximate surface area is 226 Å². The second-order valence-corrected chi connectivity index (χ2v) is 12.6. The summed E-state index contributed by atoms with van der Waals surface area (Å²) in [6, 6.07) is 8.56. The fourth-order valence-corrected chi connectivity index (χ4v) is 8.69. The first-order valence-corrected chi connectivity index (χ1v) is 14.8. The minimum Gasteiger partial charge on any atom is -0.450 e. The number of hydrogen-bond acceptors (Lipinski definition) is 5. The first-order chi connectivity index (χ1) is 18.3. The van der Waals surface area contributed by atoms with Crippen LogP contribution >= 0.6 is 0 Å². The SMILES string of the molecule is CC(=O)[C@]1(OC(=O)CCc2ccc(N3CCCC3)cc2)CC[C@H]2[C@@H]3CCC4=CC(=O)CCC4=C3CC[C@@]21C. The van der Waals surface area contributed by atoms with Crippen molar-refractivity contribution < 1.29 is 19.1 Å². The molecule has 5 nitrogen and oxygen atoms in total. The number of rotatable bonds is 6. The van der Waals surface area contributed by atoms with E-state index < -0.39 is 5.60 Å². The van der Waals surface area contributed by atoms with E-state index in [0.717, 1.165) is 57.2 Å². The second-order valence-electron chi connectivity index (χ2n) is 12.6. The summed E-state index contributed by atoms with van der Waals surface area (Å²) in [5.41, 5.74) is 5.23. The van der Waals surface area contributed by atoms with E-state index in [-0.39, 0.29) is 23.0 Å². The molecule has 38 heavy (non-hydrogen) atoms. The Kier molecular flexibility index (Phi) is 6.60. The number of anilines is 1. The smallest absolute Gasteiger partial charge is 0.307 e. The van der Waals surface area contributed by atoms with E-state index in [2.05, 4.69) is 36.1 Å². The van der Waals surface area contributed by atoms with Gasteiger partial charge in [-0.2, -0.15) is 0 Å². The molecule has 5 heteroatoms. The van der Waals surface area contributed by atoms with E-state index in [0.29, 0.717) is 37.5 Å². The molecule has 1 aliphatic heterocycles. The highest BCUT2D eigenvalue weighted by Crippen LogP contribution is 2.64. The minimum absolute atomic E-state index is 0.00146. The van der Waals surface area contributed by atoms with Gasteiger partial charge in [0.15, 0.2) is 17.2 Å². The molecule has 202 valence electrons. The van der Waals surface area contributed by atoms with E-state index in [9.17, 15) is 14.4 Å². The molecule has 0 spiro atoms. The van der Waals surface area contributed by atoms with Crippen molar-refractivity contribution in [1.82, 2.24) is 0 Å². The van der Waals surface area contributed by atoms with Crippen LogP contribution in [0.15, 0.2) is 47.1 Å². The lowest BCUT2D eigenvalue weighted by atomic mass is 9.54. The zero-order chi connectivity index (χ0) is 26.5. The van der Waals surface area contributed by atoms with Crippen molar-refractivity contribution in [1.29, 1.82) is 0 Å². The third-order valence-corrected chi connectivity index (χ3v) is 10.7. The molecule has 1 aromatic carbocycles. The molecule has 0 aromatic heterocycles. The molecule has 0 unspecified atom stereocenters. The first-order valence-electron chi connectivity index (χ1n) is 14.8. The number of ether oxygens (including phenoxy) is 1. The average Bonchev–Trinajstić information content (AvgIpc) is 3.55. The summed E-state index contributed by atoms with van der Waals surface area (Å²) in [5.74, 6) is 0.779. The lowest BCUT2D eigenvalue weighted by Crippen LogP contribution is -2.56. The highest BCUT2D eigenvalue weighted by atomic mass is 16.6. The van der Waals surface area contributed by atoms with E-state index in [1.807, 2.05) is 6.08 Å². The number of ketones is 2. The van der Waals surface area contributed by atoms with Gasteiger partial charge in [0, 0.05) is 37.0 Å². The van der Waals surface area contributed by atoms with Crippen LogP contribution in [0.4, 0.5) is 5.69 Å². The molecule has 3 fully saturated rings. The number of allylic oxidation sites excluding steroid dienone is 4. The van der Waals surface area contributed by atoms with Gasteiger partial charge in [-0.25, -0.2) is 0 Å². The van der Waals surface area contributed by atoms with E-state index in [1.165, 1.54) is 35.2 Å². The highest BCUT2D eigenvalue weighted by molar-refractivity contribution is 5.93. The molecule has 0 bridgehead atoms. The largest absolute Gasteiger partial charge is 0.450 e. The maximum atomic E-state index is 13.3. The summed E-state index contributed by atoms with van der Waals surface area (Å²) in [4.78, 5) is 40.9. The van der Waals surface area contributed by atoms with Crippen molar-refractivity contribution >= 4 is 23.2 Å². The Morgan fingerprint density at radius 1 is 1.00 bits per heavy atom. The first kappa shape index (κ1) is 25.6. The molecular weight excluding hydrogens is 474 g/mol. The molecule has 0 amide bonds. The number of aryl methyl sites for hydroxylation is 1. The van der Waals surface area contributed by atoms with Crippen molar-refractivity contribution in [3.63, 3.8) is 0 Å². The highest BCUT2D eigenvalue weighted by Gasteiger charge is 2.65. The van der Waals surface area contributed by atoms with Gasteiger partial charge in [-0.15, -0.1) is 0 Å². The van der Waals surface area contributed by atoms with Crippen molar-refractivity contribution in [2.45, 2.75) is 96.5 Å². The van der Waals surface area contributed by atoms with Crippen molar-refractivity contribution in [2.24, 2.45) is 17.3 Å². The van der Waals surface area contributed by atoms with Crippen LogP contribution in [0.25, 0.3) is 0 Å². The van der Waals surface area contributed by atoms with Gasteiger partial charge < -0.3 is 9.64 Å². The Morgan fingerprint density at radius 2 is 1.76 bits per heavy atom. The number of hydrogen-bond donors (Lipinski definition) is 0. The van der Waals surface area contributed by atoms with E-state index in [4.69, 9.17) is 4.74 Å². The molecule has 1 aromatic rings. The van der Waals surface area contributed by atoms with Crippen LogP contribution in [0.5, 0.6) is 0 Å². The Morgan fingerprint density at radius 3 is 2.50 bits per heavy atom. The maximum absolute atomic E-state index is 13.3. The Hall–Kier alpha value is -2.69. The molecule has 4 aliphatic carbocycles. The van der Waals surface area contributed by atoms with Crippen LogP contribution in [0, 0.1) is 17.3 Å². The van der Waals surface area contributed by atoms with Gasteiger partial charge in [-0.05, 0) is 118 Å². The van der Waals surface area contributed by atoms with E-state index >= 15 is 0 Å². The summed E-state index contributed by atoms with van der Waals surface area (Å²) >= 11 is 0. The van der Waals surface area contributed by atoms with Gasteiger partial charge in [0.1, 0.15) is 0 Å². The molecule has 0 radical (unpaired) electrons. The minimum atomic E-state index is -1.02. The number of Topliss-reactive ketones (excluding diaryl/α,β-unsaturated/α-hetero) is 1. The quantitative estimate of drug-likeness (QED) is 0.416. The standard InChI is InChI=1S/C33H41NO4/c1-22(35)33(38-31(37)14-7-23-5-9-25(10-6-23)34-19-3-4-20-34)18-16-30-29-12-8-24-21-26(36)11-13-27(24)28(29)15-17-32(30,33)2/h5-6,9-10,21,29-30H,3-4,7-8,11-20H2,1-2H3/t29-,30+,32+,33-/m1/s1. The van der Waals surface area contributed by atoms with Crippen LogP contribution in [-0.4, -0.2) is 36.2 Å². The maximum Gasteiger partial charge on any atom is 0.307 e. The normalized spacial score (nSPS) is 32.4. The second kappa shape index (κ2) is 9.81. The molecule has 0 N–H and O–H groups in total. The zero-order valence-corrected chi connectivity index (χ0v) is 23.0. The number of benzene rings is 1. The molecule has 5 aliphatic rings. The Balaban J connectivity index is 1.16. The van der Waals surface area contributed by atoms with Crippen LogP contribution in [0.2, 0.25) is 0 Å². The number of carbonyl (C=O) groups excluding carboxylic acids is 3. The van der Waals surface area contributed by atoms with Crippen LogP contribution in [-0.2, 0) is 25.5 Å². The van der Waals surface area contributed by atoms with Crippen molar-refractivity contribution in [3.05, 3.63) is 52.6 Å². The van der Waals surface area contributed by atoms with Gasteiger partial charge in [-0.3, -0.25) is 14.4 Å². The lowest BCUT2D eigenvalue weighted by molar-refractivity contribution is -0.183. The molecule has 1 saturated heterocycles. The topological polar surface area (TPSA) is 63.7 Å². The summed E-state index contributed by atoms with van der Waals surface area (Å²) in [5, 5.41) is 0. The predicted molar refractivity (Wildman–Crippen MR) is 148 cm³/mol. The van der Waals surface area contributed by atoms with Crippen LogP contribution < -0.4 is 4.90 Å². The van der Waals surface area contributed by atoms with Gasteiger partial charge in [-0.1, -0.05) is 24.6 Å². The molecule has 2 saturated carbocycles. The summed E-state index contributed by atoms with van der Waals surface area (Å²) in [6.45, 7) is 6.08. The zero-order valence-electron chi connectivity index (χ0n) is 23.0. The number of esters is 1. The van der Waals surface area contributed by atoms with Crippen molar-refractivity contribution in [2.75, 3.05) is 18.0 Å². The molecule has 1 heterocycles. The predicted octanol–water partition coefficient (Wildman–Crippen LogP) is 6.30. The fraction of sp³-hybridized carbons (Fsp3) is 0.606. The third kappa shape index (κ3) is 4.17. The lowest BCUT2D eigenvalue weighted by Gasteiger charge is -2.52. The molecule has 6 rings (SSSR count). The third-order valence-electron chi connectivity index (χ3n) is 10.7. The number of fused-ring (bicyclic) bond motifs is 4. The van der Waals surface area contributed by atoms with Gasteiger partial charge in [0.25, 0.3) is 0 Å². The van der Waals surface area contributed by atoms with Gasteiger partial charge in [0.05, 0.1) is 0 Å². The van der Waals surface area contributed by atoms with E-state index in [1.54, 1.807) is 6.92 Å². The van der Waals surface area contributed by atoms with Gasteiger partial charge >= 0.3 is 5.97 Å². The summed E-state index contributed by atoms with van der Waals surface area (Å²) in [7, 11) is 0. The summed E-state index contributed by atoms with van der Waals surface area (Å²) in [6.07, 6.45) is 12.1. The average molecular weight is 516 g/mol. The fourth-order valence-electron chi connectivity index (χ4n) is 8.69. The van der Waals surface area contributed by atoms with Crippen molar-refractivity contribution in [3.8, 4) is 0 Å². The Bertz CT molecular complexity index is 1200. The van der Waals surface area contributed by atoms with Crippen LogP contribution in [0.3, 0.4) is 0 Å². The summed E-state index contributed by atoms with van der Waals surface area (Å²) < 4.78 is 6.29. The number of nitrogens with zero attached hydrogens (tertiary/aromatic N) is 1. The molecular formula is C33H41NO4. The monoisotopic (exact) mass is 515 g/mol.